The standard InChI is InChI=1S/C12H11Br2NO2S2/c1-12(2,11(16)17-3)8-5-18-10(15-8)7-4-6(13)9(14)19-7/h4-5H,1-3H3. The Morgan fingerprint density at radius 1 is 1.42 bits per heavy atom. The van der Waals surface area contributed by atoms with Gasteiger partial charge in [0.25, 0.3) is 0 Å². The molecule has 0 unspecified atom stereocenters. The molecule has 0 aliphatic rings. The number of aromatic nitrogens is 1. The van der Waals surface area contributed by atoms with Crippen molar-refractivity contribution in [2.45, 2.75) is 19.3 Å². The molecule has 0 aromatic carbocycles. The van der Waals surface area contributed by atoms with Crippen molar-refractivity contribution in [3.63, 3.8) is 0 Å². The van der Waals surface area contributed by atoms with Crippen molar-refractivity contribution < 1.29 is 9.53 Å². The molecule has 0 aliphatic carbocycles. The summed E-state index contributed by atoms with van der Waals surface area (Å²) in [7, 11) is 1.39. The Morgan fingerprint density at radius 3 is 2.63 bits per heavy atom. The number of nitrogens with zero attached hydrogens (tertiary/aromatic N) is 1. The zero-order valence-electron chi connectivity index (χ0n) is 10.5. The van der Waals surface area contributed by atoms with Crippen molar-refractivity contribution in [1.82, 2.24) is 4.98 Å². The lowest BCUT2D eigenvalue weighted by atomic mass is 9.90. The van der Waals surface area contributed by atoms with Crippen LogP contribution in [0.4, 0.5) is 0 Å². The normalized spacial score (nSPS) is 11.6. The summed E-state index contributed by atoms with van der Waals surface area (Å²) in [6.45, 7) is 3.63. The smallest absolute Gasteiger partial charge is 0.317 e. The first-order valence-corrected chi connectivity index (χ1v) is 8.64. The van der Waals surface area contributed by atoms with Crippen LogP contribution in [0.5, 0.6) is 0 Å². The van der Waals surface area contributed by atoms with E-state index < -0.39 is 5.41 Å². The Bertz CT molecular complexity index is 600. The van der Waals surface area contributed by atoms with Crippen LogP contribution in [0.15, 0.2) is 19.7 Å². The maximum absolute atomic E-state index is 11.8. The second-order valence-corrected chi connectivity index (χ2v) is 8.47. The van der Waals surface area contributed by atoms with E-state index in [1.807, 2.05) is 25.3 Å². The number of carbonyl (C=O) groups is 1. The van der Waals surface area contributed by atoms with Crippen molar-refractivity contribution >= 4 is 60.5 Å². The summed E-state index contributed by atoms with van der Waals surface area (Å²) in [6, 6.07) is 2.02. The van der Waals surface area contributed by atoms with Gasteiger partial charge in [-0.25, -0.2) is 4.98 Å². The summed E-state index contributed by atoms with van der Waals surface area (Å²) in [6.07, 6.45) is 0. The second-order valence-electron chi connectivity index (χ2n) is 4.39. The topological polar surface area (TPSA) is 39.2 Å². The highest BCUT2D eigenvalue weighted by atomic mass is 79.9. The van der Waals surface area contributed by atoms with Gasteiger partial charge < -0.3 is 4.74 Å². The highest BCUT2D eigenvalue weighted by Crippen LogP contribution is 2.40. The predicted octanol–water partition coefficient (Wildman–Crippen LogP) is 4.85. The Labute approximate surface area is 136 Å². The molecule has 0 amide bonds. The third-order valence-corrected chi connectivity index (χ3v) is 6.96. The molecular weight excluding hydrogens is 414 g/mol. The van der Waals surface area contributed by atoms with Crippen LogP contribution in [0.1, 0.15) is 19.5 Å². The molecule has 0 bridgehead atoms. The summed E-state index contributed by atoms with van der Waals surface area (Å²) in [5.74, 6) is -0.280. The van der Waals surface area contributed by atoms with Crippen LogP contribution in [-0.4, -0.2) is 18.1 Å². The van der Waals surface area contributed by atoms with Gasteiger partial charge in [0.15, 0.2) is 0 Å². The van der Waals surface area contributed by atoms with E-state index in [1.165, 1.54) is 18.4 Å². The van der Waals surface area contributed by atoms with Crippen LogP contribution in [0.25, 0.3) is 9.88 Å². The predicted molar refractivity (Wildman–Crippen MR) is 85.9 cm³/mol. The molecule has 19 heavy (non-hydrogen) atoms. The van der Waals surface area contributed by atoms with Gasteiger partial charge in [0, 0.05) is 9.85 Å². The number of hydrogen-bond donors (Lipinski definition) is 0. The zero-order chi connectivity index (χ0) is 14.2. The fourth-order valence-corrected chi connectivity index (χ4v) is 4.57. The first-order valence-electron chi connectivity index (χ1n) is 5.36. The van der Waals surface area contributed by atoms with Crippen molar-refractivity contribution in [2.75, 3.05) is 7.11 Å². The van der Waals surface area contributed by atoms with Gasteiger partial charge in [0.1, 0.15) is 10.4 Å². The van der Waals surface area contributed by atoms with E-state index in [-0.39, 0.29) is 5.97 Å². The monoisotopic (exact) mass is 423 g/mol. The van der Waals surface area contributed by atoms with E-state index in [9.17, 15) is 4.79 Å². The van der Waals surface area contributed by atoms with E-state index >= 15 is 0 Å². The van der Waals surface area contributed by atoms with E-state index in [1.54, 1.807) is 11.3 Å². The average molecular weight is 425 g/mol. The molecule has 2 rings (SSSR count). The van der Waals surface area contributed by atoms with E-state index in [0.29, 0.717) is 0 Å². The minimum atomic E-state index is -0.727. The number of methoxy groups -OCH3 is 1. The Hall–Kier alpha value is -0.240. The second kappa shape index (κ2) is 5.63. The molecule has 0 saturated carbocycles. The first kappa shape index (κ1) is 15.2. The molecule has 3 nitrogen and oxygen atoms in total. The minimum Gasteiger partial charge on any atom is -0.468 e. The van der Waals surface area contributed by atoms with Gasteiger partial charge in [-0.1, -0.05) is 0 Å². The van der Waals surface area contributed by atoms with Crippen molar-refractivity contribution in [2.24, 2.45) is 0 Å². The molecule has 7 heteroatoms. The summed E-state index contributed by atoms with van der Waals surface area (Å²) in [4.78, 5) is 17.4. The number of hydrogen-bond acceptors (Lipinski definition) is 5. The quantitative estimate of drug-likeness (QED) is 0.661. The fourth-order valence-electron chi connectivity index (χ4n) is 1.49. The molecule has 0 atom stereocenters. The molecule has 0 fully saturated rings. The number of rotatable bonds is 3. The highest BCUT2D eigenvalue weighted by molar-refractivity contribution is 9.13. The van der Waals surface area contributed by atoms with Crippen molar-refractivity contribution in [1.29, 1.82) is 0 Å². The average Bonchev–Trinajstić information content (AvgIpc) is 2.96. The Morgan fingerprint density at radius 2 is 2.11 bits per heavy atom. The number of esters is 1. The molecule has 0 saturated heterocycles. The fraction of sp³-hybridized carbons (Fsp3) is 0.333. The van der Waals surface area contributed by atoms with Gasteiger partial charge in [0.05, 0.1) is 21.5 Å². The molecule has 2 heterocycles. The maximum atomic E-state index is 11.8. The van der Waals surface area contributed by atoms with Gasteiger partial charge in [-0.2, -0.15) is 0 Å². The van der Waals surface area contributed by atoms with Crippen LogP contribution in [0, 0.1) is 0 Å². The van der Waals surface area contributed by atoms with Gasteiger partial charge in [-0.15, -0.1) is 22.7 Å². The largest absolute Gasteiger partial charge is 0.468 e. The van der Waals surface area contributed by atoms with Crippen LogP contribution < -0.4 is 0 Å². The van der Waals surface area contributed by atoms with Crippen LogP contribution in [0.2, 0.25) is 0 Å². The summed E-state index contributed by atoms with van der Waals surface area (Å²) in [5.41, 5.74) is 0.00915. The number of thiophene rings is 1. The SMILES string of the molecule is COC(=O)C(C)(C)c1csc(-c2cc(Br)c(Br)s2)n1. The molecule has 0 N–H and O–H groups in total. The van der Waals surface area contributed by atoms with E-state index in [4.69, 9.17) is 4.74 Å². The highest BCUT2D eigenvalue weighted by Gasteiger charge is 2.33. The maximum Gasteiger partial charge on any atom is 0.317 e. The molecule has 102 valence electrons. The lowest BCUT2D eigenvalue weighted by Crippen LogP contribution is -2.30. The van der Waals surface area contributed by atoms with Gasteiger partial charge in [0.2, 0.25) is 0 Å². The minimum absolute atomic E-state index is 0.280. The van der Waals surface area contributed by atoms with Crippen LogP contribution >= 0.6 is 54.5 Å². The van der Waals surface area contributed by atoms with Gasteiger partial charge in [-0.05, 0) is 51.8 Å². The van der Waals surface area contributed by atoms with E-state index in [0.717, 1.165) is 23.8 Å². The first-order chi connectivity index (χ1) is 8.86. The van der Waals surface area contributed by atoms with Crippen molar-refractivity contribution in [3.05, 3.63) is 25.4 Å². The third-order valence-electron chi connectivity index (χ3n) is 2.70. The van der Waals surface area contributed by atoms with Gasteiger partial charge >= 0.3 is 5.97 Å². The lowest BCUT2D eigenvalue weighted by Gasteiger charge is -2.18. The lowest BCUT2D eigenvalue weighted by molar-refractivity contribution is -0.146. The number of thiazole rings is 1. The zero-order valence-corrected chi connectivity index (χ0v) is 15.3. The molecule has 0 aliphatic heterocycles. The van der Waals surface area contributed by atoms with Crippen molar-refractivity contribution in [3.8, 4) is 9.88 Å². The Balaban J connectivity index is 2.36. The summed E-state index contributed by atoms with van der Waals surface area (Å²) < 4.78 is 6.87. The number of ether oxygens (including phenoxy) is 1. The van der Waals surface area contributed by atoms with Crippen LogP contribution in [0.3, 0.4) is 0 Å². The molecular formula is C12H11Br2NO2S2. The number of halogens is 2. The summed E-state index contributed by atoms with van der Waals surface area (Å²) in [5, 5.41) is 2.82. The molecule has 2 aromatic heterocycles. The van der Waals surface area contributed by atoms with Gasteiger partial charge in [-0.3, -0.25) is 4.79 Å². The molecule has 0 radical (unpaired) electrons. The summed E-state index contributed by atoms with van der Waals surface area (Å²) >= 11 is 10.1. The van der Waals surface area contributed by atoms with E-state index in [2.05, 4.69) is 36.8 Å². The number of carbonyl (C=O) groups excluding carboxylic acids is 1. The molecule has 0 spiro atoms. The third kappa shape index (κ3) is 2.94. The Kier molecular flexibility index (Phi) is 4.49. The molecule has 2 aromatic rings. The van der Waals surface area contributed by atoms with Crippen LogP contribution in [-0.2, 0) is 14.9 Å².